The fourth-order valence-electron chi connectivity index (χ4n) is 5.76. The van der Waals surface area contributed by atoms with Gasteiger partial charge in [-0.1, -0.05) is 42.5 Å². The van der Waals surface area contributed by atoms with Gasteiger partial charge in [0.15, 0.2) is 0 Å². The van der Waals surface area contributed by atoms with E-state index in [0.717, 1.165) is 33.5 Å². The molecule has 4 aromatic rings. The van der Waals surface area contributed by atoms with Crippen molar-refractivity contribution in [1.82, 2.24) is 19.8 Å². The summed E-state index contributed by atoms with van der Waals surface area (Å²) in [7, 11) is 0. The zero-order valence-electron chi connectivity index (χ0n) is 20.5. The van der Waals surface area contributed by atoms with Gasteiger partial charge in [0.25, 0.3) is 5.91 Å². The zero-order chi connectivity index (χ0) is 24.8. The Morgan fingerprint density at radius 3 is 2.47 bits per heavy atom. The summed E-state index contributed by atoms with van der Waals surface area (Å²) in [5, 5.41) is 1.08. The van der Waals surface area contributed by atoms with Crippen LogP contribution in [0.4, 0.5) is 5.82 Å². The fourth-order valence-corrected chi connectivity index (χ4v) is 5.76. The number of anilines is 1. The molecule has 7 heteroatoms. The number of aromatic nitrogens is 2. The van der Waals surface area contributed by atoms with E-state index in [4.69, 9.17) is 0 Å². The SMILES string of the molecule is Cc1[nH]c2ccccc2c1C1c2ccccc2C(=O)N1C(C)C(=O)N1CCN(c2ccccn2)CC1. The lowest BCUT2D eigenvalue weighted by atomic mass is 9.95. The van der Waals surface area contributed by atoms with Crippen molar-refractivity contribution in [2.24, 2.45) is 0 Å². The molecule has 2 unspecified atom stereocenters. The van der Waals surface area contributed by atoms with Crippen LogP contribution in [0.15, 0.2) is 72.9 Å². The van der Waals surface area contributed by atoms with Gasteiger partial charge in [-0.3, -0.25) is 9.59 Å². The average molecular weight is 480 g/mol. The summed E-state index contributed by atoms with van der Waals surface area (Å²) in [6.07, 6.45) is 1.79. The smallest absolute Gasteiger partial charge is 0.255 e. The lowest BCUT2D eigenvalue weighted by Crippen LogP contribution is -2.55. The molecular formula is C29H29N5O2. The molecule has 4 heterocycles. The highest BCUT2D eigenvalue weighted by molar-refractivity contribution is 6.03. The highest BCUT2D eigenvalue weighted by Crippen LogP contribution is 2.43. The molecule has 36 heavy (non-hydrogen) atoms. The quantitative estimate of drug-likeness (QED) is 0.477. The van der Waals surface area contributed by atoms with Gasteiger partial charge in [0, 0.05) is 60.1 Å². The first-order chi connectivity index (χ1) is 17.5. The Balaban J connectivity index is 1.31. The summed E-state index contributed by atoms with van der Waals surface area (Å²) in [5.74, 6) is 0.824. The van der Waals surface area contributed by atoms with Crippen LogP contribution in [-0.2, 0) is 4.79 Å². The number of aromatic amines is 1. The van der Waals surface area contributed by atoms with E-state index in [1.165, 1.54) is 0 Å². The summed E-state index contributed by atoms with van der Waals surface area (Å²) in [5.41, 5.74) is 4.73. The van der Waals surface area contributed by atoms with Gasteiger partial charge < -0.3 is 19.7 Å². The van der Waals surface area contributed by atoms with Gasteiger partial charge in [0.2, 0.25) is 5.91 Å². The van der Waals surface area contributed by atoms with E-state index in [2.05, 4.69) is 27.0 Å². The first-order valence-electron chi connectivity index (χ1n) is 12.5. The van der Waals surface area contributed by atoms with Gasteiger partial charge in [-0.2, -0.15) is 0 Å². The lowest BCUT2D eigenvalue weighted by molar-refractivity contribution is -0.136. The molecule has 1 fully saturated rings. The number of fused-ring (bicyclic) bond motifs is 2. The molecule has 2 aliphatic heterocycles. The molecule has 2 aromatic carbocycles. The van der Waals surface area contributed by atoms with Crippen LogP contribution >= 0.6 is 0 Å². The van der Waals surface area contributed by atoms with Gasteiger partial charge in [-0.15, -0.1) is 0 Å². The van der Waals surface area contributed by atoms with E-state index < -0.39 is 6.04 Å². The molecule has 7 nitrogen and oxygen atoms in total. The second-order valence-electron chi connectivity index (χ2n) is 9.59. The molecule has 0 saturated carbocycles. The predicted molar refractivity (Wildman–Crippen MR) is 140 cm³/mol. The number of aryl methyl sites for hydroxylation is 1. The summed E-state index contributed by atoms with van der Waals surface area (Å²) < 4.78 is 0. The van der Waals surface area contributed by atoms with E-state index >= 15 is 0 Å². The van der Waals surface area contributed by atoms with Crippen molar-refractivity contribution in [3.8, 4) is 0 Å². The highest BCUT2D eigenvalue weighted by Gasteiger charge is 2.44. The molecule has 2 aliphatic rings. The zero-order valence-corrected chi connectivity index (χ0v) is 20.5. The number of benzene rings is 2. The van der Waals surface area contributed by atoms with Gasteiger partial charge in [-0.25, -0.2) is 4.98 Å². The number of para-hydroxylation sites is 1. The number of carbonyl (C=O) groups excluding carboxylic acids is 2. The van der Waals surface area contributed by atoms with Crippen LogP contribution in [0.3, 0.4) is 0 Å². The van der Waals surface area contributed by atoms with Gasteiger partial charge in [0.05, 0.1) is 6.04 Å². The summed E-state index contributed by atoms with van der Waals surface area (Å²) in [6, 6.07) is 20.9. The average Bonchev–Trinajstić information content (AvgIpc) is 3.41. The topological polar surface area (TPSA) is 72.5 Å². The van der Waals surface area contributed by atoms with Crippen LogP contribution < -0.4 is 4.90 Å². The largest absolute Gasteiger partial charge is 0.358 e. The normalized spacial score (nSPS) is 18.6. The molecular weight excluding hydrogens is 450 g/mol. The second-order valence-corrected chi connectivity index (χ2v) is 9.59. The second kappa shape index (κ2) is 8.82. The Hall–Kier alpha value is -4.13. The third kappa shape index (κ3) is 3.54. The number of rotatable bonds is 4. The third-order valence-electron chi connectivity index (χ3n) is 7.55. The van der Waals surface area contributed by atoms with E-state index in [9.17, 15) is 9.59 Å². The summed E-state index contributed by atoms with van der Waals surface area (Å²) >= 11 is 0. The molecule has 0 spiro atoms. The first-order valence-corrected chi connectivity index (χ1v) is 12.5. The molecule has 2 amide bonds. The van der Waals surface area contributed by atoms with Crippen molar-refractivity contribution < 1.29 is 9.59 Å². The van der Waals surface area contributed by atoms with Gasteiger partial charge in [0.1, 0.15) is 11.9 Å². The maximum atomic E-state index is 13.8. The molecule has 0 bridgehead atoms. The number of pyridine rings is 1. The van der Waals surface area contributed by atoms with E-state index in [-0.39, 0.29) is 17.9 Å². The molecule has 2 atom stereocenters. The van der Waals surface area contributed by atoms with Crippen molar-refractivity contribution in [3.05, 3.63) is 95.3 Å². The van der Waals surface area contributed by atoms with E-state index in [0.29, 0.717) is 31.7 Å². The molecule has 2 aromatic heterocycles. The van der Waals surface area contributed by atoms with Crippen molar-refractivity contribution >= 4 is 28.5 Å². The van der Waals surface area contributed by atoms with E-state index in [1.54, 1.807) is 11.1 Å². The number of piperazine rings is 1. The minimum absolute atomic E-state index is 0.0145. The van der Waals surface area contributed by atoms with Crippen LogP contribution in [-0.4, -0.2) is 63.8 Å². The van der Waals surface area contributed by atoms with Gasteiger partial charge in [-0.05, 0) is 43.7 Å². The van der Waals surface area contributed by atoms with Crippen LogP contribution in [0.5, 0.6) is 0 Å². The standard InChI is InChI=1S/C29H29N5O2/c1-19-26(23-11-5-6-12-24(23)31-19)27-21-9-3-4-10-22(21)29(36)34(27)20(2)28(35)33-17-15-32(16-18-33)25-13-7-8-14-30-25/h3-14,20,27,31H,15-18H2,1-2H3. The van der Waals surface area contributed by atoms with Gasteiger partial charge >= 0.3 is 0 Å². The van der Waals surface area contributed by atoms with Crippen molar-refractivity contribution in [3.63, 3.8) is 0 Å². The van der Waals surface area contributed by atoms with Crippen LogP contribution in [0.25, 0.3) is 10.9 Å². The molecule has 1 saturated heterocycles. The van der Waals surface area contributed by atoms with E-state index in [1.807, 2.05) is 73.3 Å². The molecule has 1 N–H and O–H groups in total. The molecule has 0 radical (unpaired) electrons. The number of nitrogens with zero attached hydrogens (tertiary/aromatic N) is 4. The first kappa shape index (κ1) is 22.3. The molecule has 182 valence electrons. The minimum Gasteiger partial charge on any atom is -0.358 e. The minimum atomic E-state index is -0.593. The number of hydrogen-bond donors (Lipinski definition) is 1. The maximum Gasteiger partial charge on any atom is 0.255 e. The third-order valence-corrected chi connectivity index (χ3v) is 7.55. The number of nitrogens with one attached hydrogen (secondary N) is 1. The van der Waals surface area contributed by atoms with Crippen LogP contribution in [0.2, 0.25) is 0 Å². The van der Waals surface area contributed by atoms with Crippen LogP contribution in [0.1, 0.15) is 40.1 Å². The predicted octanol–water partition coefficient (Wildman–Crippen LogP) is 4.15. The van der Waals surface area contributed by atoms with Crippen molar-refractivity contribution in [1.29, 1.82) is 0 Å². The number of amides is 2. The summed E-state index contributed by atoms with van der Waals surface area (Å²) in [4.78, 5) is 41.3. The van der Waals surface area contributed by atoms with Crippen LogP contribution in [0, 0.1) is 6.92 Å². The highest BCUT2D eigenvalue weighted by atomic mass is 16.2. The molecule has 6 rings (SSSR count). The Morgan fingerprint density at radius 2 is 1.69 bits per heavy atom. The maximum absolute atomic E-state index is 13.8. The summed E-state index contributed by atoms with van der Waals surface area (Å²) in [6.45, 7) is 6.55. The fraction of sp³-hybridized carbons (Fsp3) is 0.276. The Bertz CT molecular complexity index is 1440. The van der Waals surface area contributed by atoms with Crippen molar-refractivity contribution in [2.75, 3.05) is 31.1 Å². The number of H-pyrrole nitrogens is 1. The molecule has 0 aliphatic carbocycles. The lowest BCUT2D eigenvalue weighted by Gasteiger charge is -2.39. The van der Waals surface area contributed by atoms with Crippen molar-refractivity contribution in [2.45, 2.75) is 25.9 Å². The Morgan fingerprint density at radius 1 is 0.972 bits per heavy atom. The number of carbonyl (C=O) groups is 2. The monoisotopic (exact) mass is 479 g/mol. The number of hydrogen-bond acceptors (Lipinski definition) is 4. The Labute approximate surface area is 210 Å². The Kier molecular flexibility index (Phi) is 5.48.